The number of likely N-dealkylation sites (N-methyl/N-ethyl adjacent to an activating group) is 1. The van der Waals surface area contributed by atoms with Gasteiger partial charge in [-0.2, -0.15) is 0 Å². The van der Waals surface area contributed by atoms with Crippen LogP contribution in [0.2, 0.25) is 0 Å². The average molecular weight is 347 g/mol. The maximum atomic E-state index is 4.75. The van der Waals surface area contributed by atoms with Crippen LogP contribution >= 0.6 is 0 Å². The van der Waals surface area contributed by atoms with E-state index in [0.717, 1.165) is 29.2 Å². The third kappa shape index (κ3) is 4.06. The second-order valence-corrected chi connectivity index (χ2v) is 6.62. The number of nitrogens with zero attached hydrogens (tertiary/aromatic N) is 4. The lowest BCUT2D eigenvalue weighted by Gasteiger charge is -2.26. The zero-order valence-electron chi connectivity index (χ0n) is 15.8. The van der Waals surface area contributed by atoms with Crippen molar-refractivity contribution in [3.05, 3.63) is 71.7 Å². The van der Waals surface area contributed by atoms with Crippen LogP contribution in [0.3, 0.4) is 0 Å². The molecule has 0 saturated heterocycles. The lowest BCUT2D eigenvalue weighted by atomic mass is 10.1. The van der Waals surface area contributed by atoms with Crippen molar-refractivity contribution in [2.24, 2.45) is 0 Å². The number of hydrogen-bond donors (Lipinski definition) is 1. The van der Waals surface area contributed by atoms with E-state index in [2.05, 4.69) is 65.5 Å². The van der Waals surface area contributed by atoms with Crippen LogP contribution in [0.1, 0.15) is 22.9 Å². The molecule has 0 radical (unpaired) electrons. The van der Waals surface area contributed by atoms with Crippen LogP contribution in [0.15, 0.2) is 54.9 Å². The van der Waals surface area contributed by atoms with E-state index < -0.39 is 0 Å². The number of nitrogens with one attached hydrogen (secondary N) is 1. The molecule has 0 bridgehead atoms. The van der Waals surface area contributed by atoms with E-state index in [1.54, 1.807) is 12.4 Å². The Kier molecular flexibility index (Phi) is 5.58. The number of rotatable bonds is 6. The Hall–Kier alpha value is -2.79. The molecule has 3 rings (SSSR count). The third-order valence-corrected chi connectivity index (χ3v) is 4.58. The number of aryl methyl sites for hydroxylation is 1. The zero-order valence-corrected chi connectivity index (χ0v) is 15.8. The van der Waals surface area contributed by atoms with Gasteiger partial charge in [0.25, 0.3) is 0 Å². The van der Waals surface area contributed by atoms with Crippen molar-refractivity contribution in [3.63, 3.8) is 0 Å². The minimum atomic E-state index is 0.257. The first-order valence-corrected chi connectivity index (χ1v) is 8.77. The Labute approximate surface area is 155 Å². The quantitative estimate of drug-likeness (QED) is 0.733. The number of pyridine rings is 1. The van der Waals surface area contributed by atoms with Gasteiger partial charge in [0.2, 0.25) is 0 Å². The van der Waals surface area contributed by atoms with Crippen LogP contribution in [-0.4, -0.2) is 40.5 Å². The lowest BCUT2D eigenvalue weighted by Crippen LogP contribution is -2.27. The van der Waals surface area contributed by atoms with E-state index >= 15 is 0 Å². The van der Waals surface area contributed by atoms with E-state index in [0.29, 0.717) is 5.82 Å². The summed E-state index contributed by atoms with van der Waals surface area (Å²) in [5.41, 5.74) is 4.25. The van der Waals surface area contributed by atoms with E-state index in [1.807, 2.05) is 25.1 Å². The summed E-state index contributed by atoms with van der Waals surface area (Å²) in [6.45, 7) is 4.83. The van der Waals surface area contributed by atoms with Gasteiger partial charge in [0.05, 0.1) is 6.04 Å². The van der Waals surface area contributed by atoms with Crippen LogP contribution in [0, 0.1) is 13.8 Å². The molecule has 1 atom stereocenters. The summed E-state index contributed by atoms with van der Waals surface area (Å²) in [4.78, 5) is 15.8. The molecule has 0 aliphatic heterocycles. The highest BCUT2D eigenvalue weighted by Gasteiger charge is 2.16. The largest absolute Gasteiger partial charge is 0.368 e. The number of aromatic nitrogens is 3. The SMILES string of the molecule is Cc1nc(-c2cccnc2)nc(NCC(c2ccccc2)N(C)C)c1C. The van der Waals surface area contributed by atoms with E-state index in [1.165, 1.54) is 5.56 Å². The molecule has 5 nitrogen and oxygen atoms in total. The molecule has 2 aromatic heterocycles. The smallest absolute Gasteiger partial charge is 0.163 e. The van der Waals surface area contributed by atoms with Crippen molar-refractivity contribution in [1.82, 2.24) is 19.9 Å². The topological polar surface area (TPSA) is 53.9 Å². The molecule has 2 heterocycles. The second kappa shape index (κ2) is 8.06. The molecule has 0 spiro atoms. The second-order valence-electron chi connectivity index (χ2n) is 6.62. The molecular formula is C21H25N5. The van der Waals surface area contributed by atoms with Gasteiger partial charge in [-0.3, -0.25) is 4.98 Å². The van der Waals surface area contributed by atoms with Crippen molar-refractivity contribution in [1.29, 1.82) is 0 Å². The highest BCUT2D eigenvalue weighted by atomic mass is 15.1. The first kappa shape index (κ1) is 18.0. The molecule has 1 aromatic carbocycles. The molecule has 5 heteroatoms. The number of hydrogen-bond acceptors (Lipinski definition) is 5. The molecule has 0 aliphatic carbocycles. The Balaban J connectivity index is 1.86. The molecule has 134 valence electrons. The maximum absolute atomic E-state index is 4.75. The van der Waals surface area contributed by atoms with E-state index in [9.17, 15) is 0 Å². The fourth-order valence-corrected chi connectivity index (χ4v) is 2.89. The van der Waals surface area contributed by atoms with Gasteiger partial charge in [0.1, 0.15) is 5.82 Å². The van der Waals surface area contributed by atoms with Gasteiger partial charge in [-0.1, -0.05) is 30.3 Å². The van der Waals surface area contributed by atoms with Crippen molar-refractivity contribution in [2.75, 3.05) is 26.0 Å². The normalized spacial score (nSPS) is 12.2. The Morgan fingerprint density at radius 3 is 2.42 bits per heavy atom. The molecule has 3 aromatic rings. The van der Waals surface area contributed by atoms with Gasteiger partial charge in [-0.25, -0.2) is 9.97 Å². The number of benzene rings is 1. The van der Waals surface area contributed by atoms with E-state index in [4.69, 9.17) is 4.98 Å². The summed E-state index contributed by atoms with van der Waals surface area (Å²) in [7, 11) is 4.19. The van der Waals surface area contributed by atoms with Crippen LogP contribution in [-0.2, 0) is 0 Å². The Morgan fingerprint density at radius 1 is 1.00 bits per heavy atom. The Bertz CT molecular complexity index is 847. The molecule has 0 saturated carbocycles. The van der Waals surface area contributed by atoms with Gasteiger partial charge in [-0.05, 0) is 45.6 Å². The highest BCUT2D eigenvalue weighted by molar-refractivity contribution is 5.58. The van der Waals surface area contributed by atoms with Crippen molar-refractivity contribution >= 4 is 5.82 Å². The van der Waals surface area contributed by atoms with Crippen molar-refractivity contribution in [2.45, 2.75) is 19.9 Å². The fraction of sp³-hybridized carbons (Fsp3) is 0.286. The van der Waals surface area contributed by atoms with Crippen LogP contribution in [0.4, 0.5) is 5.82 Å². The molecule has 1 N–H and O–H groups in total. The first-order valence-electron chi connectivity index (χ1n) is 8.77. The van der Waals surface area contributed by atoms with Gasteiger partial charge < -0.3 is 10.2 Å². The minimum absolute atomic E-state index is 0.257. The maximum Gasteiger partial charge on any atom is 0.163 e. The van der Waals surface area contributed by atoms with Crippen molar-refractivity contribution < 1.29 is 0 Å². The van der Waals surface area contributed by atoms with Gasteiger partial charge in [0, 0.05) is 35.8 Å². The molecule has 26 heavy (non-hydrogen) atoms. The summed E-state index contributed by atoms with van der Waals surface area (Å²) < 4.78 is 0. The molecule has 0 fully saturated rings. The monoisotopic (exact) mass is 347 g/mol. The van der Waals surface area contributed by atoms with Crippen LogP contribution in [0.5, 0.6) is 0 Å². The average Bonchev–Trinajstić information content (AvgIpc) is 2.66. The highest BCUT2D eigenvalue weighted by Crippen LogP contribution is 2.23. The summed E-state index contributed by atoms with van der Waals surface area (Å²) >= 11 is 0. The minimum Gasteiger partial charge on any atom is -0.368 e. The molecule has 1 unspecified atom stereocenters. The zero-order chi connectivity index (χ0) is 18.5. The predicted molar refractivity (Wildman–Crippen MR) is 106 cm³/mol. The van der Waals surface area contributed by atoms with E-state index in [-0.39, 0.29) is 6.04 Å². The standard InChI is InChI=1S/C21H25N5/c1-15-16(2)24-21(18-11-8-12-22-13-18)25-20(15)23-14-19(26(3)4)17-9-6-5-7-10-17/h5-13,19H,14H2,1-4H3,(H,23,24,25). The predicted octanol–water partition coefficient (Wildman–Crippen LogP) is 3.87. The third-order valence-electron chi connectivity index (χ3n) is 4.58. The summed E-state index contributed by atoms with van der Waals surface area (Å²) in [6.07, 6.45) is 3.55. The molecule has 0 amide bonds. The summed E-state index contributed by atoms with van der Waals surface area (Å²) in [6, 6.07) is 14.6. The van der Waals surface area contributed by atoms with Gasteiger partial charge in [-0.15, -0.1) is 0 Å². The molecule has 0 aliphatic rings. The molecular weight excluding hydrogens is 322 g/mol. The van der Waals surface area contributed by atoms with Crippen molar-refractivity contribution in [3.8, 4) is 11.4 Å². The fourth-order valence-electron chi connectivity index (χ4n) is 2.89. The Morgan fingerprint density at radius 2 is 1.77 bits per heavy atom. The first-order chi connectivity index (χ1) is 12.6. The van der Waals surface area contributed by atoms with Gasteiger partial charge >= 0.3 is 0 Å². The summed E-state index contributed by atoms with van der Waals surface area (Å²) in [5.74, 6) is 1.57. The van der Waals surface area contributed by atoms with Crippen LogP contribution < -0.4 is 5.32 Å². The van der Waals surface area contributed by atoms with Crippen LogP contribution in [0.25, 0.3) is 11.4 Å². The number of anilines is 1. The van der Waals surface area contributed by atoms with Gasteiger partial charge in [0.15, 0.2) is 5.82 Å². The lowest BCUT2D eigenvalue weighted by molar-refractivity contribution is 0.311. The summed E-state index contributed by atoms with van der Waals surface area (Å²) in [5, 5.41) is 3.53.